The number of halogens is 5. The van der Waals surface area contributed by atoms with Crippen LogP contribution in [0.1, 0.15) is 35.7 Å². The van der Waals surface area contributed by atoms with Crippen LogP contribution < -0.4 is 4.65 Å². The summed E-state index contributed by atoms with van der Waals surface area (Å²) in [5, 5.41) is 10.0. The summed E-state index contributed by atoms with van der Waals surface area (Å²) >= 11 is 0. The van der Waals surface area contributed by atoms with Gasteiger partial charge in [0.15, 0.2) is 0 Å². The molecule has 1 aromatic carbocycles. The van der Waals surface area contributed by atoms with Crippen LogP contribution in [0, 0.1) is 0 Å². The Balaban J connectivity index is 2.03. The Morgan fingerprint density at radius 3 is 2.47 bits per heavy atom. The summed E-state index contributed by atoms with van der Waals surface area (Å²) in [5.41, 5.74) is 0.0880. The molecule has 1 heterocycles. The highest BCUT2D eigenvalue weighted by Crippen LogP contribution is 2.37. The number of rotatable bonds is 7. The lowest BCUT2D eigenvalue weighted by atomic mass is 9.64. The van der Waals surface area contributed by atoms with Crippen molar-refractivity contribution in [1.82, 2.24) is 0 Å². The molecule has 0 saturated heterocycles. The van der Waals surface area contributed by atoms with Crippen LogP contribution in [-0.2, 0) is 25.5 Å². The standard InChI is InChI=1S/C17H16BF5O7/c1-16(19,20)12(24)6-10-5-9-3-2-4-11(14(9)30-18(10)27)15(26)29-8-28-13(25)7-17(21,22)23/h2-4,10,27H,5-8H2,1H3/t10-/m1/s1. The molecule has 1 N–H and O–H groups in total. The van der Waals surface area contributed by atoms with E-state index in [4.69, 9.17) is 4.65 Å². The average molecular weight is 438 g/mol. The minimum absolute atomic E-state index is 0.0555. The Bertz CT molecular complexity index is 822. The predicted molar refractivity (Wildman–Crippen MR) is 89.8 cm³/mol. The zero-order chi connectivity index (χ0) is 22.7. The van der Waals surface area contributed by atoms with Gasteiger partial charge in [-0.15, -0.1) is 0 Å². The molecule has 2 rings (SSSR count). The van der Waals surface area contributed by atoms with Crippen LogP contribution in [0.25, 0.3) is 0 Å². The number of ketones is 1. The summed E-state index contributed by atoms with van der Waals surface area (Å²) in [5.74, 6) is -8.83. The molecule has 13 heteroatoms. The number of benzene rings is 1. The molecule has 0 radical (unpaired) electrons. The normalized spacial score (nSPS) is 16.4. The molecule has 1 aliphatic rings. The Kier molecular flexibility index (Phi) is 7.06. The van der Waals surface area contributed by atoms with E-state index in [1.54, 1.807) is 0 Å². The van der Waals surface area contributed by atoms with Crippen LogP contribution in [0.4, 0.5) is 22.0 Å². The molecule has 30 heavy (non-hydrogen) atoms. The van der Waals surface area contributed by atoms with Crippen LogP contribution in [0.2, 0.25) is 5.82 Å². The maximum Gasteiger partial charge on any atom is 0.526 e. The largest absolute Gasteiger partial charge is 0.535 e. The summed E-state index contributed by atoms with van der Waals surface area (Å²) in [4.78, 5) is 34.6. The molecule has 0 fully saturated rings. The highest BCUT2D eigenvalue weighted by atomic mass is 19.4. The van der Waals surface area contributed by atoms with Crippen LogP contribution in [-0.4, -0.2) is 48.8 Å². The number of alkyl halides is 5. The molecule has 0 bridgehead atoms. The first-order valence-corrected chi connectivity index (χ1v) is 8.55. The Morgan fingerprint density at radius 1 is 1.20 bits per heavy atom. The highest BCUT2D eigenvalue weighted by molar-refractivity contribution is 6.47. The number of fused-ring (bicyclic) bond motifs is 1. The fraction of sp³-hybridized carbons (Fsp3) is 0.471. The van der Waals surface area contributed by atoms with E-state index in [-0.39, 0.29) is 17.7 Å². The minimum Gasteiger partial charge on any atom is -0.535 e. The second-order valence-corrected chi connectivity index (χ2v) is 6.64. The third-order valence-electron chi connectivity index (χ3n) is 4.13. The Hall–Kier alpha value is -2.70. The third-order valence-corrected chi connectivity index (χ3v) is 4.13. The molecule has 1 aliphatic heterocycles. The molecule has 0 aromatic heterocycles. The van der Waals surface area contributed by atoms with Gasteiger partial charge in [0.25, 0.3) is 0 Å². The maximum absolute atomic E-state index is 13.1. The number of esters is 2. The molecular weight excluding hydrogens is 422 g/mol. The van der Waals surface area contributed by atoms with Gasteiger partial charge in [-0.2, -0.15) is 22.0 Å². The fourth-order valence-electron chi connectivity index (χ4n) is 2.68. The number of carbonyl (C=O) groups excluding carboxylic acids is 3. The molecule has 0 amide bonds. The fourth-order valence-corrected chi connectivity index (χ4v) is 2.68. The number of hydrogen-bond acceptors (Lipinski definition) is 7. The summed E-state index contributed by atoms with van der Waals surface area (Å²) in [7, 11) is -1.66. The van der Waals surface area contributed by atoms with Crippen molar-refractivity contribution in [1.29, 1.82) is 0 Å². The van der Waals surface area contributed by atoms with Gasteiger partial charge in [-0.25, -0.2) is 4.79 Å². The van der Waals surface area contributed by atoms with Crippen molar-refractivity contribution in [3.63, 3.8) is 0 Å². The van der Waals surface area contributed by atoms with Gasteiger partial charge in [-0.05, 0) is 18.1 Å². The van der Waals surface area contributed by atoms with E-state index in [0.29, 0.717) is 12.5 Å². The van der Waals surface area contributed by atoms with Crippen LogP contribution in [0.3, 0.4) is 0 Å². The number of para-hydroxylation sites is 1. The van der Waals surface area contributed by atoms with Gasteiger partial charge in [0.05, 0.1) is 0 Å². The Morgan fingerprint density at radius 2 is 1.87 bits per heavy atom. The highest BCUT2D eigenvalue weighted by Gasteiger charge is 2.42. The van der Waals surface area contributed by atoms with Crippen molar-refractivity contribution in [2.24, 2.45) is 0 Å². The molecule has 0 saturated carbocycles. The molecule has 7 nitrogen and oxygen atoms in total. The molecule has 1 atom stereocenters. The number of ether oxygens (including phenoxy) is 2. The first kappa shape index (κ1) is 23.6. The maximum atomic E-state index is 13.1. The van der Waals surface area contributed by atoms with E-state index in [2.05, 4.69) is 9.47 Å². The van der Waals surface area contributed by atoms with Gasteiger partial charge in [0.2, 0.25) is 12.6 Å². The van der Waals surface area contributed by atoms with E-state index in [0.717, 1.165) is 0 Å². The lowest BCUT2D eigenvalue weighted by molar-refractivity contribution is -0.177. The molecular formula is C17H16BF5O7. The van der Waals surface area contributed by atoms with Crippen molar-refractivity contribution in [3.8, 4) is 5.75 Å². The molecule has 1 aromatic rings. The first-order valence-electron chi connectivity index (χ1n) is 8.55. The van der Waals surface area contributed by atoms with Gasteiger partial charge in [-0.3, -0.25) is 9.59 Å². The molecule has 0 unspecified atom stereocenters. The van der Waals surface area contributed by atoms with Crippen LogP contribution in [0.15, 0.2) is 18.2 Å². The van der Waals surface area contributed by atoms with Gasteiger partial charge in [0, 0.05) is 19.2 Å². The van der Waals surface area contributed by atoms with Crippen molar-refractivity contribution < 1.29 is 55.5 Å². The topological polar surface area (TPSA) is 99.1 Å². The van der Waals surface area contributed by atoms with E-state index < -0.39 is 62.4 Å². The van der Waals surface area contributed by atoms with E-state index in [1.807, 2.05) is 0 Å². The van der Waals surface area contributed by atoms with Gasteiger partial charge >= 0.3 is 31.2 Å². The second kappa shape index (κ2) is 8.98. The number of Topliss-reactive ketones (excluding diaryl/α,β-unsaturated/α-hetero) is 1. The summed E-state index contributed by atoms with van der Waals surface area (Å²) in [6.45, 7) is -0.641. The third kappa shape index (κ3) is 6.41. The van der Waals surface area contributed by atoms with Crippen molar-refractivity contribution in [2.75, 3.05) is 6.79 Å². The number of carbonyl (C=O) groups is 3. The zero-order valence-corrected chi connectivity index (χ0v) is 15.5. The summed E-state index contributed by atoms with van der Waals surface area (Å²) in [6.07, 6.45) is -7.34. The first-order chi connectivity index (χ1) is 13.8. The monoisotopic (exact) mass is 438 g/mol. The van der Waals surface area contributed by atoms with E-state index in [1.165, 1.54) is 18.2 Å². The number of hydrogen-bond donors (Lipinski definition) is 1. The lowest BCUT2D eigenvalue weighted by Crippen LogP contribution is -2.38. The smallest absolute Gasteiger partial charge is 0.526 e. The lowest BCUT2D eigenvalue weighted by Gasteiger charge is -2.28. The van der Waals surface area contributed by atoms with Gasteiger partial charge in [0.1, 0.15) is 17.7 Å². The minimum atomic E-state index is -4.77. The zero-order valence-electron chi connectivity index (χ0n) is 15.5. The predicted octanol–water partition coefficient (Wildman–Crippen LogP) is 2.70. The molecule has 164 valence electrons. The van der Waals surface area contributed by atoms with Gasteiger partial charge in [-0.1, -0.05) is 12.1 Å². The van der Waals surface area contributed by atoms with Crippen LogP contribution >= 0.6 is 0 Å². The van der Waals surface area contributed by atoms with Gasteiger partial charge < -0.3 is 19.2 Å². The quantitative estimate of drug-likeness (QED) is 0.303. The van der Waals surface area contributed by atoms with E-state index in [9.17, 15) is 41.4 Å². The molecule has 0 spiro atoms. The summed E-state index contributed by atoms with van der Waals surface area (Å²) in [6, 6.07) is 4.08. The van der Waals surface area contributed by atoms with Crippen LogP contribution in [0.5, 0.6) is 5.75 Å². The average Bonchev–Trinajstić information content (AvgIpc) is 2.59. The SMILES string of the molecule is CC(F)(F)C(=O)C[C@H]1Cc2cccc(C(=O)OCOC(=O)CC(F)(F)F)c2OB1O. The van der Waals surface area contributed by atoms with Crippen molar-refractivity contribution >= 4 is 24.8 Å². The Labute approximate surface area is 167 Å². The van der Waals surface area contributed by atoms with Crippen molar-refractivity contribution in [2.45, 2.75) is 44.1 Å². The molecule has 0 aliphatic carbocycles. The van der Waals surface area contributed by atoms with Crippen molar-refractivity contribution in [3.05, 3.63) is 29.3 Å². The summed E-state index contributed by atoms with van der Waals surface area (Å²) < 4.78 is 76.3. The van der Waals surface area contributed by atoms with E-state index >= 15 is 0 Å². The second-order valence-electron chi connectivity index (χ2n) is 6.64.